The van der Waals surface area contributed by atoms with Crippen LogP contribution < -0.4 is 5.56 Å². The molecule has 0 fully saturated rings. The van der Waals surface area contributed by atoms with Crippen LogP contribution in [0, 0.1) is 13.8 Å². The van der Waals surface area contributed by atoms with Crippen LogP contribution in [0.4, 0.5) is 0 Å². The van der Waals surface area contributed by atoms with Crippen LogP contribution in [0.5, 0.6) is 0 Å². The van der Waals surface area contributed by atoms with Gasteiger partial charge in [0, 0.05) is 7.05 Å². The molecule has 0 bridgehead atoms. The summed E-state index contributed by atoms with van der Waals surface area (Å²) in [5.74, 6) is 0.612. The SMILES string of the molecule is Cc1nc2c(c(C)nn2C)c(=O)[nH]1. The summed E-state index contributed by atoms with van der Waals surface area (Å²) >= 11 is 0. The van der Waals surface area contributed by atoms with E-state index in [1.807, 2.05) is 0 Å². The summed E-state index contributed by atoms with van der Waals surface area (Å²) in [7, 11) is 1.78. The molecule has 0 saturated heterocycles. The lowest BCUT2D eigenvalue weighted by Gasteiger charge is -1.94. The summed E-state index contributed by atoms with van der Waals surface area (Å²) in [6, 6.07) is 0. The Labute approximate surface area is 74.4 Å². The van der Waals surface area contributed by atoms with Crippen molar-refractivity contribution in [2.24, 2.45) is 7.05 Å². The monoisotopic (exact) mass is 178 g/mol. The van der Waals surface area contributed by atoms with E-state index in [-0.39, 0.29) is 5.56 Å². The predicted octanol–water partition coefficient (Wildman–Crippen LogP) is 0.273. The number of H-pyrrole nitrogens is 1. The van der Waals surface area contributed by atoms with Crippen molar-refractivity contribution in [2.45, 2.75) is 13.8 Å². The number of aromatic nitrogens is 4. The Morgan fingerprint density at radius 1 is 1.38 bits per heavy atom. The van der Waals surface area contributed by atoms with Crippen LogP contribution in [0.1, 0.15) is 11.5 Å². The molecule has 5 heteroatoms. The van der Waals surface area contributed by atoms with Crippen LogP contribution in [0.15, 0.2) is 4.79 Å². The third-order valence-electron chi connectivity index (χ3n) is 1.99. The molecule has 0 amide bonds. The average Bonchev–Trinajstić information content (AvgIpc) is 2.27. The lowest BCUT2D eigenvalue weighted by molar-refractivity contribution is 0.771. The summed E-state index contributed by atoms with van der Waals surface area (Å²) in [5.41, 5.74) is 1.23. The molecule has 0 aromatic carbocycles. The van der Waals surface area contributed by atoms with E-state index in [1.165, 1.54) is 0 Å². The highest BCUT2D eigenvalue weighted by Crippen LogP contribution is 2.09. The van der Waals surface area contributed by atoms with Gasteiger partial charge in [-0.05, 0) is 13.8 Å². The highest BCUT2D eigenvalue weighted by atomic mass is 16.1. The Kier molecular flexibility index (Phi) is 1.48. The fourth-order valence-corrected chi connectivity index (χ4v) is 1.45. The van der Waals surface area contributed by atoms with Crippen LogP contribution in [0.3, 0.4) is 0 Å². The van der Waals surface area contributed by atoms with E-state index < -0.39 is 0 Å². The van der Waals surface area contributed by atoms with Gasteiger partial charge in [-0.25, -0.2) is 9.67 Å². The van der Waals surface area contributed by atoms with Crippen LogP contribution in [-0.4, -0.2) is 19.7 Å². The first-order valence-electron chi connectivity index (χ1n) is 4.00. The molecule has 0 spiro atoms. The number of aromatic amines is 1. The number of fused-ring (bicyclic) bond motifs is 1. The van der Waals surface area contributed by atoms with Crippen molar-refractivity contribution in [1.29, 1.82) is 0 Å². The van der Waals surface area contributed by atoms with E-state index in [2.05, 4.69) is 15.1 Å². The number of nitrogens with zero attached hydrogens (tertiary/aromatic N) is 3. The molecule has 2 rings (SSSR count). The number of hydrogen-bond acceptors (Lipinski definition) is 3. The topological polar surface area (TPSA) is 63.6 Å². The molecule has 2 heterocycles. The molecule has 2 aromatic rings. The highest BCUT2D eigenvalue weighted by Gasteiger charge is 2.09. The van der Waals surface area contributed by atoms with Crippen molar-refractivity contribution < 1.29 is 0 Å². The minimum atomic E-state index is -0.117. The third-order valence-corrected chi connectivity index (χ3v) is 1.99. The lowest BCUT2D eigenvalue weighted by Crippen LogP contribution is -2.10. The molecule has 1 N–H and O–H groups in total. The zero-order valence-corrected chi connectivity index (χ0v) is 7.75. The third kappa shape index (κ3) is 1.04. The molecule has 0 radical (unpaired) electrons. The van der Waals surface area contributed by atoms with Crippen LogP contribution in [-0.2, 0) is 7.05 Å². The predicted molar refractivity (Wildman–Crippen MR) is 48.6 cm³/mol. The molecule has 13 heavy (non-hydrogen) atoms. The minimum Gasteiger partial charge on any atom is -0.310 e. The van der Waals surface area contributed by atoms with E-state index in [4.69, 9.17) is 0 Å². The van der Waals surface area contributed by atoms with Crippen LogP contribution >= 0.6 is 0 Å². The Bertz CT molecular complexity index is 523. The van der Waals surface area contributed by atoms with Gasteiger partial charge in [0.05, 0.1) is 5.69 Å². The van der Waals surface area contributed by atoms with Gasteiger partial charge < -0.3 is 4.98 Å². The van der Waals surface area contributed by atoms with Gasteiger partial charge in [0.15, 0.2) is 5.65 Å². The normalized spacial score (nSPS) is 11.0. The summed E-state index contributed by atoms with van der Waals surface area (Å²) in [6.07, 6.45) is 0. The molecule has 68 valence electrons. The van der Waals surface area contributed by atoms with Gasteiger partial charge in [0.25, 0.3) is 5.56 Å². The molecule has 0 atom stereocenters. The molecule has 0 unspecified atom stereocenters. The number of nitrogens with one attached hydrogen (secondary N) is 1. The fraction of sp³-hybridized carbons (Fsp3) is 0.375. The van der Waals surface area contributed by atoms with Gasteiger partial charge in [-0.3, -0.25) is 4.79 Å². The summed E-state index contributed by atoms with van der Waals surface area (Å²) in [4.78, 5) is 18.3. The van der Waals surface area contributed by atoms with E-state index in [0.29, 0.717) is 22.6 Å². The van der Waals surface area contributed by atoms with Gasteiger partial charge in [-0.2, -0.15) is 5.10 Å². The molecule has 0 aliphatic carbocycles. The maximum Gasteiger partial charge on any atom is 0.262 e. The van der Waals surface area contributed by atoms with E-state index >= 15 is 0 Å². The molecule has 5 nitrogen and oxygen atoms in total. The van der Waals surface area contributed by atoms with Crippen molar-refractivity contribution in [1.82, 2.24) is 19.7 Å². The van der Waals surface area contributed by atoms with E-state index in [9.17, 15) is 4.79 Å². The van der Waals surface area contributed by atoms with Gasteiger partial charge in [0.1, 0.15) is 11.2 Å². The van der Waals surface area contributed by atoms with Gasteiger partial charge in [0.2, 0.25) is 0 Å². The van der Waals surface area contributed by atoms with Crippen molar-refractivity contribution in [3.63, 3.8) is 0 Å². The Morgan fingerprint density at radius 3 is 2.77 bits per heavy atom. The minimum absolute atomic E-state index is 0.117. The number of hydrogen-bond donors (Lipinski definition) is 1. The smallest absolute Gasteiger partial charge is 0.262 e. The maximum absolute atomic E-state index is 11.5. The molecule has 0 saturated carbocycles. The largest absolute Gasteiger partial charge is 0.310 e. The fourth-order valence-electron chi connectivity index (χ4n) is 1.45. The lowest BCUT2D eigenvalue weighted by atomic mass is 10.3. The second kappa shape index (κ2) is 2.42. The molecule has 0 aliphatic rings. The number of rotatable bonds is 0. The van der Waals surface area contributed by atoms with E-state index in [1.54, 1.807) is 25.6 Å². The standard InChI is InChI=1S/C8H10N4O/c1-4-6-7(12(3)11-4)9-5(2)10-8(6)13/h1-3H3,(H,9,10,13). The first kappa shape index (κ1) is 7.97. The zero-order chi connectivity index (χ0) is 9.59. The number of aryl methyl sites for hydroxylation is 3. The first-order chi connectivity index (χ1) is 6.09. The van der Waals surface area contributed by atoms with Crippen molar-refractivity contribution in [2.75, 3.05) is 0 Å². The second-order valence-electron chi connectivity index (χ2n) is 3.06. The molecule has 2 aromatic heterocycles. The molecule has 0 aliphatic heterocycles. The molecular weight excluding hydrogens is 168 g/mol. The highest BCUT2D eigenvalue weighted by molar-refractivity contribution is 5.76. The summed E-state index contributed by atoms with van der Waals surface area (Å²) in [5, 5.41) is 4.70. The van der Waals surface area contributed by atoms with Gasteiger partial charge in [-0.15, -0.1) is 0 Å². The molecular formula is C8H10N4O. The Morgan fingerprint density at radius 2 is 2.08 bits per heavy atom. The van der Waals surface area contributed by atoms with Crippen LogP contribution in [0.2, 0.25) is 0 Å². The second-order valence-corrected chi connectivity index (χ2v) is 3.06. The first-order valence-corrected chi connectivity index (χ1v) is 4.00. The van der Waals surface area contributed by atoms with Crippen molar-refractivity contribution in [3.05, 3.63) is 21.9 Å². The van der Waals surface area contributed by atoms with Gasteiger partial charge >= 0.3 is 0 Å². The van der Waals surface area contributed by atoms with Crippen LogP contribution in [0.25, 0.3) is 11.0 Å². The maximum atomic E-state index is 11.5. The van der Waals surface area contributed by atoms with Crippen molar-refractivity contribution in [3.8, 4) is 0 Å². The zero-order valence-electron chi connectivity index (χ0n) is 7.75. The van der Waals surface area contributed by atoms with E-state index in [0.717, 1.165) is 0 Å². The van der Waals surface area contributed by atoms with Gasteiger partial charge in [-0.1, -0.05) is 0 Å². The van der Waals surface area contributed by atoms with Crippen molar-refractivity contribution >= 4 is 11.0 Å². The summed E-state index contributed by atoms with van der Waals surface area (Å²) < 4.78 is 1.62. The Balaban J connectivity index is 3.06. The summed E-state index contributed by atoms with van der Waals surface area (Å²) in [6.45, 7) is 3.55. The Hall–Kier alpha value is -1.65. The average molecular weight is 178 g/mol. The quantitative estimate of drug-likeness (QED) is 0.630.